The lowest BCUT2D eigenvalue weighted by Crippen LogP contribution is -2.29. The molecule has 0 unspecified atom stereocenters. The Morgan fingerprint density at radius 2 is 2.00 bits per heavy atom. The summed E-state index contributed by atoms with van der Waals surface area (Å²) < 4.78 is 1.99. The molecule has 5 nitrogen and oxygen atoms in total. The standard InChI is InChI=1S/C20H25N5/c1-24-12-9-15(10-13-24)19-17-7-4-5-11-22-20(17)25(23-19)18-8-3-2-6-16(18)14-21/h2-3,6,8,15,22H,4-5,7,9-13H2,1H3. The lowest BCUT2D eigenvalue weighted by molar-refractivity contribution is 0.252. The van der Waals surface area contributed by atoms with Crippen LogP contribution in [0.15, 0.2) is 24.3 Å². The number of nitrogens with zero attached hydrogens (tertiary/aromatic N) is 4. The van der Waals surface area contributed by atoms with Gasteiger partial charge >= 0.3 is 0 Å². The third-order valence-corrected chi connectivity index (χ3v) is 5.52. The van der Waals surface area contributed by atoms with Gasteiger partial charge in [-0.3, -0.25) is 0 Å². The van der Waals surface area contributed by atoms with Crippen molar-refractivity contribution < 1.29 is 0 Å². The average Bonchev–Trinajstić information content (AvgIpc) is 2.83. The maximum absolute atomic E-state index is 9.51. The van der Waals surface area contributed by atoms with Gasteiger partial charge in [-0.1, -0.05) is 12.1 Å². The van der Waals surface area contributed by atoms with Gasteiger partial charge in [0.2, 0.25) is 0 Å². The Morgan fingerprint density at radius 3 is 2.80 bits per heavy atom. The first kappa shape index (κ1) is 16.2. The van der Waals surface area contributed by atoms with E-state index in [-0.39, 0.29) is 0 Å². The molecule has 1 saturated heterocycles. The average molecular weight is 335 g/mol. The molecular formula is C20H25N5. The molecule has 25 heavy (non-hydrogen) atoms. The minimum absolute atomic E-state index is 0.528. The maximum Gasteiger partial charge on any atom is 0.133 e. The van der Waals surface area contributed by atoms with Gasteiger partial charge < -0.3 is 10.2 Å². The molecule has 0 bridgehead atoms. The molecule has 2 aliphatic rings. The van der Waals surface area contributed by atoms with Crippen LogP contribution in [0.1, 0.15) is 48.4 Å². The number of rotatable bonds is 2. The highest BCUT2D eigenvalue weighted by atomic mass is 15.3. The van der Waals surface area contributed by atoms with E-state index in [1.54, 1.807) is 0 Å². The molecule has 1 aromatic heterocycles. The van der Waals surface area contributed by atoms with E-state index in [0.29, 0.717) is 11.5 Å². The van der Waals surface area contributed by atoms with E-state index in [9.17, 15) is 5.26 Å². The number of likely N-dealkylation sites (tertiary alicyclic amines) is 1. The van der Waals surface area contributed by atoms with E-state index in [1.165, 1.54) is 36.9 Å². The zero-order valence-electron chi connectivity index (χ0n) is 14.8. The van der Waals surface area contributed by atoms with Gasteiger partial charge in [0, 0.05) is 18.0 Å². The van der Waals surface area contributed by atoms with E-state index in [2.05, 4.69) is 23.3 Å². The topological polar surface area (TPSA) is 56.9 Å². The Hall–Kier alpha value is -2.32. The molecule has 1 aromatic carbocycles. The predicted molar refractivity (Wildman–Crippen MR) is 99.2 cm³/mol. The molecule has 5 heteroatoms. The van der Waals surface area contributed by atoms with Gasteiger partial charge in [0.05, 0.1) is 16.9 Å². The Morgan fingerprint density at radius 1 is 1.20 bits per heavy atom. The molecule has 130 valence electrons. The number of nitrogens with one attached hydrogen (secondary N) is 1. The Balaban J connectivity index is 1.81. The zero-order valence-corrected chi connectivity index (χ0v) is 14.8. The third-order valence-electron chi connectivity index (χ3n) is 5.52. The second-order valence-electron chi connectivity index (χ2n) is 7.21. The predicted octanol–water partition coefficient (Wildman–Crippen LogP) is 3.30. The number of fused-ring (bicyclic) bond motifs is 1. The number of aromatic nitrogens is 2. The van der Waals surface area contributed by atoms with E-state index < -0.39 is 0 Å². The van der Waals surface area contributed by atoms with Gasteiger partial charge in [-0.15, -0.1) is 0 Å². The van der Waals surface area contributed by atoms with Crippen LogP contribution in [0.25, 0.3) is 5.69 Å². The van der Waals surface area contributed by atoms with Gasteiger partial charge in [-0.05, 0) is 64.4 Å². The molecule has 0 spiro atoms. The summed E-state index contributed by atoms with van der Waals surface area (Å²) in [6, 6.07) is 10.1. The van der Waals surface area contributed by atoms with Gasteiger partial charge in [0.25, 0.3) is 0 Å². The van der Waals surface area contributed by atoms with Crippen molar-refractivity contribution in [2.75, 3.05) is 32.0 Å². The monoisotopic (exact) mass is 335 g/mol. The van der Waals surface area contributed by atoms with Crippen molar-refractivity contribution in [3.63, 3.8) is 0 Å². The van der Waals surface area contributed by atoms with Crippen LogP contribution in [0.3, 0.4) is 0 Å². The van der Waals surface area contributed by atoms with Crippen LogP contribution in [0.4, 0.5) is 5.82 Å². The fourth-order valence-corrected chi connectivity index (χ4v) is 4.07. The summed E-state index contributed by atoms with van der Waals surface area (Å²) in [5, 5.41) is 18.1. The molecule has 0 saturated carbocycles. The highest BCUT2D eigenvalue weighted by Gasteiger charge is 2.28. The molecule has 4 rings (SSSR count). The lowest BCUT2D eigenvalue weighted by atomic mass is 9.90. The van der Waals surface area contributed by atoms with Crippen molar-refractivity contribution in [2.45, 2.75) is 38.0 Å². The molecule has 2 aliphatic heterocycles. The molecule has 0 amide bonds. The fourth-order valence-electron chi connectivity index (χ4n) is 4.07. The highest BCUT2D eigenvalue weighted by Crippen LogP contribution is 2.36. The normalized spacial score (nSPS) is 18.9. The van der Waals surface area contributed by atoms with Crippen molar-refractivity contribution in [1.82, 2.24) is 14.7 Å². The zero-order chi connectivity index (χ0) is 17.2. The lowest BCUT2D eigenvalue weighted by Gasteiger charge is -2.28. The molecule has 0 aliphatic carbocycles. The van der Waals surface area contributed by atoms with Crippen molar-refractivity contribution in [2.24, 2.45) is 0 Å². The number of piperidine rings is 1. The van der Waals surface area contributed by atoms with Crippen LogP contribution in [0.5, 0.6) is 0 Å². The Bertz CT molecular complexity index is 793. The number of anilines is 1. The van der Waals surface area contributed by atoms with Gasteiger partial charge in [-0.2, -0.15) is 10.4 Å². The van der Waals surface area contributed by atoms with Crippen LogP contribution >= 0.6 is 0 Å². The smallest absolute Gasteiger partial charge is 0.133 e. The molecule has 1 fully saturated rings. The van der Waals surface area contributed by atoms with E-state index >= 15 is 0 Å². The van der Waals surface area contributed by atoms with E-state index in [0.717, 1.165) is 37.6 Å². The summed E-state index contributed by atoms with van der Waals surface area (Å²) in [5.74, 6) is 1.63. The number of hydrogen-bond acceptors (Lipinski definition) is 4. The van der Waals surface area contributed by atoms with Crippen LogP contribution in [0.2, 0.25) is 0 Å². The number of nitriles is 1. The van der Waals surface area contributed by atoms with Crippen LogP contribution < -0.4 is 5.32 Å². The molecule has 1 N–H and O–H groups in total. The maximum atomic E-state index is 9.51. The number of para-hydroxylation sites is 1. The Labute approximate surface area is 149 Å². The molecule has 0 atom stereocenters. The summed E-state index contributed by atoms with van der Waals surface area (Å²) in [6.07, 6.45) is 5.80. The number of benzene rings is 1. The largest absolute Gasteiger partial charge is 0.370 e. The Kier molecular flexibility index (Phi) is 4.46. The fraction of sp³-hybridized carbons (Fsp3) is 0.500. The van der Waals surface area contributed by atoms with Crippen molar-refractivity contribution in [1.29, 1.82) is 5.26 Å². The first-order valence-electron chi connectivity index (χ1n) is 9.31. The number of hydrogen-bond donors (Lipinski definition) is 1. The van der Waals surface area contributed by atoms with Crippen molar-refractivity contribution in [3.8, 4) is 11.8 Å². The van der Waals surface area contributed by atoms with Gasteiger partial charge in [-0.25, -0.2) is 4.68 Å². The summed E-state index contributed by atoms with van der Waals surface area (Å²) in [6.45, 7) is 3.24. The summed E-state index contributed by atoms with van der Waals surface area (Å²) >= 11 is 0. The van der Waals surface area contributed by atoms with Gasteiger partial charge in [0.1, 0.15) is 11.9 Å². The molecule has 2 aromatic rings. The highest BCUT2D eigenvalue weighted by molar-refractivity contribution is 5.59. The summed E-state index contributed by atoms with van der Waals surface area (Å²) in [4.78, 5) is 2.40. The quantitative estimate of drug-likeness (QED) is 0.915. The minimum Gasteiger partial charge on any atom is -0.370 e. The minimum atomic E-state index is 0.528. The second kappa shape index (κ2) is 6.89. The van der Waals surface area contributed by atoms with Crippen LogP contribution in [-0.2, 0) is 6.42 Å². The third kappa shape index (κ3) is 3.03. The van der Waals surface area contributed by atoms with Crippen molar-refractivity contribution in [3.05, 3.63) is 41.1 Å². The van der Waals surface area contributed by atoms with Crippen LogP contribution in [0, 0.1) is 11.3 Å². The summed E-state index contributed by atoms with van der Waals surface area (Å²) in [5.41, 5.74) is 4.19. The van der Waals surface area contributed by atoms with Crippen molar-refractivity contribution >= 4 is 5.82 Å². The molecular weight excluding hydrogens is 310 g/mol. The van der Waals surface area contributed by atoms with E-state index in [4.69, 9.17) is 5.10 Å². The first-order chi connectivity index (χ1) is 12.3. The molecule has 3 heterocycles. The second-order valence-corrected chi connectivity index (χ2v) is 7.21. The van der Waals surface area contributed by atoms with Gasteiger partial charge in [0.15, 0.2) is 0 Å². The SMILES string of the molecule is CN1CCC(c2nn(-c3ccccc3C#N)c3c2CCCCN3)CC1. The van der Waals surface area contributed by atoms with Crippen LogP contribution in [-0.4, -0.2) is 41.4 Å². The summed E-state index contributed by atoms with van der Waals surface area (Å²) in [7, 11) is 2.19. The molecule has 0 radical (unpaired) electrons. The first-order valence-corrected chi connectivity index (χ1v) is 9.31. The van der Waals surface area contributed by atoms with E-state index in [1.807, 2.05) is 28.9 Å².